The highest BCUT2D eigenvalue weighted by atomic mass is 15.0. The quantitative estimate of drug-likeness (QED) is 0.156. The molecule has 3 heteroatoms. The topological polar surface area (TPSA) is 41.6 Å². The summed E-state index contributed by atoms with van der Waals surface area (Å²) in [6.07, 6.45) is 0. The fourth-order valence-corrected chi connectivity index (χ4v) is 6.99. The highest BCUT2D eigenvalue weighted by molar-refractivity contribution is 6.18. The Morgan fingerprint density at radius 1 is 0.533 bits per heavy atom. The molecule has 2 aromatic heterocycles. The molecular formula is C42H25N3. The van der Waals surface area contributed by atoms with Gasteiger partial charge in [0.2, 0.25) is 0 Å². The van der Waals surface area contributed by atoms with Crippen molar-refractivity contribution in [2.45, 2.75) is 0 Å². The third kappa shape index (κ3) is 3.87. The number of aromatic nitrogens is 2. The zero-order valence-corrected chi connectivity index (χ0v) is 24.3. The van der Waals surface area contributed by atoms with E-state index in [2.05, 4.69) is 144 Å². The Morgan fingerprint density at radius 2 is 1.29 bits per heavy atom. The van der Waals surface area contributed by atoms with Crippen LogP contribution in [0.3, 0.4) is 0 Å². The van der Waals surface area contributed by atoms with Crippen molar-refractivity contribution < 1.29 is 0 Å². The minimum Gasteiger partial charge on any atom is -0.309 e. The first-order valence-corrected chi connectivity index (χ1v) is 15.1. The molecule has 45 heavy (non-hydrogen) atoms. The zero-order chi connectivity index (χ0) is 29.9. The number of nitrogens with zero attached hydrogens (tertiary/aromatic N) is 3. The Hall–Kier alpha value is -6.24. The van der Waals surface area contributed by atoms with E-state index in [9.17, 15) is 5.26 Å². The molecule has 0 aliphatic heterocycles. The first kappa shape index (κ1) is 25.3. The molecule has 0 saturated heterocycles. The van der Waals surface area contributed by atoms with E-state index in [1.54, 1.807) is 0 Å². The van der Waals surface area contributed by atoms with Crippen LogP contribution in [0.5, 0.6) is 0 Å². The molecule has 2 heterocycles. The number of rotatable bonds is 3. The van der Waals surface area contributed by atoms with Gasteiger partial charge in [-0.2, -0.15) is 5.26 Å². The van der Waals surface area contributed by atoms with Gasteiger partial charge in [-0.3, -0.25) is 0 Å². The number of hydrogen-bond donors (Lipinski definition) is 0. The normalized spacial score (nSPS) is 11.5. The molecule has 0 aliphatic carbocycles. The van der Waals surface area contributed by atoms with Crippen LogP contribution in [0.25, 0.3) is 82.3 Å². The monoisotopic (exact) mass is 571 g/mol. The maximum atomic E-state index is 9.77. The molecule has 208 valence electrons. The summed E-state index contributed by atoms with van der Waals surface area (Å²) in [6, 6.07) is 55.5. The summed E-state index contributed by atoms with van der Waals surface area (Å²) in [5, 5.41) is 16.6. The van der Waals surface area contributed by atoms with E-state index in [1.165, 1.54) is 10.9 Å². The summed E-state index contributed by atoms with van der Waals surface area (Å²) in [7, 11) is 0. The fraction of sp³-hybridized carbons (Fsp3) is 0. The molecule has 7 aromatic carbocycles. The number of fused-ring (bicyclic) bond motifs is 7. The molecule has 9 aromatic rings. The molecule has 0 unspecified atom stereocenters. The van der Waals surface area contributed by atoms with Crippen LogP contribution in [0.2, 0.25) is 0 Å². The summed E-state index contributed by atoms with van der Waals surface area (Å²) in [5.41, 5.74) is 10.6. The van der Waals surface area contributed by atoms with Crippen molar-refractivity contribution in [1.82, 2.24) is 9.55 Å². The summed E-state index contributed by atoms with van der Waals surface area (Å²) < 4.78 is 2.29. The van der Waals surface area contributed by atoms with Crippen LogP contribution in [0.4, 0.5) is 0 Å². The van der Waals surface area contributed by atoms with Crippen LogP contribution < -0.4 is 0 Å². The van der Waals surface area contributed by atoms with Gasteiger partial charge >= 0.3 is 0 Å². The van der Waals surface area contributed by atoms with Gasteiger partial charge in [0.05, 0.1) is 33.7 Å². The molecule has 9 rings (SSSR count). The molecule has 0 amide bonds. The lowest BCUT2D eigenvalue weighted by Gasteiger charge is -2.14. The van der Waals surface area contributed by atoms with E-state index in [0.29, 0.717) is 5.56 Å². The average molecular weight is 572 g/mol. The zero-order valence-electron chi connectivity index (χ0n) is 24.3. The summed E-state index contributed by atoms with van der Waals surface area (Å²) in [5.74, 6) is 0. The van der Waals surface area contributed by atoms with Crippen molar-refractivity contribution in [3.63, 3.8) is 0 Å². The lowest BCUT2D eigenvalue weighted by molar-refractivity contribution is 1.18. The maximum absolute atomic E-state index is 9.77. The molecule has 0 N–H and O–H groups in total. The van der Waals surface area contributed by atoms with Crippen LogP contribution in [0.15, 0.2) is 152 Å². The standard InChI is InChI=1S/C42H25N3/c43-26-27-17-24-38-36(25-27)41-32(14-8-16-39(41)45(38)31-10-2-1-3-11-31)29-18-20-30(21-19-29)40-34-13-6-7-15-37(34)44-42-33-12-5-4-9-28(33)22-23-35(40)42/h1-25H. The second-order valence-electron chi connectivity index (χ2n) is 11.5. The lowest BCUT2D eigenvalue weighted by atomic mass is 9.92. The lowest BCUT2D eigenvalue weighted by Crippen LogP contribution is -1.93. The molecule has 0 spiro atoms. The number of hydrogen-bond acceptors (Lipinski definition) is 2. The SMILES string of the molecule is N#Cc1ccc2c(c1)c1c(-c3ccc(-c4c5ccccc5nc5c4ccc4ccccc45)cc3)cccc1n2-c1ccccc1. The average Bonchev–Trinajstić information content (AvgIpc) is 3.45. The molecule has 0 fully saturated rings. The third-order valence-corrected chi connectivity index (χ3v) is 8.99. The second kappa shape index (κ2) is 9.91. The van der Waals surface area contributed by atoms with Crippen LogP contribution >= 0.6 is 0 Å². The molecule has 3 nitrogen and oxygen atoms in total. The summed E-state index contributed by atoms with van der Waals surface area (Å²) in [6.45, 7) is 0. The van der Waals surface area contributed by atoms with Crippen molar-refractivity contribution in [3.8, 4) is 34.0 Å². The first-order valence-electron chi connectivity index (χ1n) is 15.1. The minimum absolute atomic E-state index is 0.656. The van der Waals surface area contributed by atoms with Crippen LogP contribution in [-0.2, 0) is 0 Å². The molecule has 0 atom stereocenters. The second-order valence-corrected chi connectivity index (χ2v) is 11.5. The van der Waals surface area contributed by atoms with E-state index in [4.69, 9.17) is 4.98 Å². The smallest absolute Gasteiger partial charge is 0.0991 e. The maximum Gasteiger partial charge on any atom is 0.0991 e. The van der Waals surface area contributed by atoms with Gasteiger partial charge < -0.3 is 4.57 Å². The van der Waals surface area contributed by atoms with Gasteiger partial charge in [-0.25, -0.2) is 4.98 Å². The Balaban J connectivity index is 1.28. The third-order valence-electron chi connectivity index (χ3n) is 8.99. The fourth-order valence-electron chi connectivity index (χ4n) is 6.99. The molecule has 0 aliphatic rings. The van der Waals surface area contributed by atoms with Crippen molar-refractivity contribution in [3.05, 3.63) is 157 Å². The minimum atomic E-state index is 0.656. The summed E-state index contributed by atoms with van der Waals surface area (Å²) >= 11 is 0. The van der Waals surface area contributed by atoms with E-state index in [0.717, 1.165) is 71.4 Å². The van der Waals surface area contributed by atoms with Crippen LogP contribution in [-0.4, -0.2) is 9.55 Å². The van der Waals surface area contributed by atoms with Crippen molar-refractivity contribution in [1.29, 1.82) is 5.26 Å². The number of pyridine rings is 1. The highest BCUT2D eigenvalue weighted by Crippen LogP contribution is 2.41. The van der Waals surface area contributed by atoms with Gasteiger partial charge in [-0.1, -0.05) is 109 Å². The first-order chi connectivity index (χ1) is 22.3. The van der Waals surface area contributed by atoms with Crippen molar-refractivity contribution in [2.75, 3.05) is 0 Å². The van der Waals surface area contributed by atoms with E-state index in [-0.39, 0.29) is 0 Å². The van der Waals surface area contributed by atoms with Gasteiger partial charge in [0.1, 0.15) is 0 Å². The van der Waals surface area contributed by atoms with Crippen LogP contribution in [0, 0.1) is 11.3 Å². The Kier molecular flexibility index (Phi) is 5.57. The number of benzene rings is 7. The predicted molar refractivity (Wildman–Crippen MR) is 187 cm³/mol. The predicted octanol–water partition coefficient (Wildman–Crippen LogP) is 10.8. The Bertz CT molecular complexity index is 2640. The Morgan fingerprint density at radius 3 is 2.13 bits per heavy atom. The van der Waals surface area contributed by atoms with Gasteiger partial charge in [0.15, 0.2) is 0 Å². The highest BCUT2D eigenvalue weighted by Gasteiger charge is 2.18. The van der Waals surface area contributed by atoms with E-state index < -0.39 is 0 Å². The van der Waals surface area contributed by atoms with Gasteiger partial charge in [0, 0.05) is 38.2 Å². The van der Waals surface area contributed by atoms with Gasteiger partial charge in [-0.15, -0.1) is 0 Å². The van der Waals surface area contributed by atoms with Crippen LogP contribution in [0.1, 0.15) is 5.56 Å². The Labute approximate surface area is 259 Å². The van der Waals surface area contributed by atoms with Crippen molar-refractivity contribution in [2.24, 2.45) is 0 Å². The van der Waals surface area contributed by atoms with Gasteiger partial charge in [0.25, 0.3) is 0 Å². The molecule has 0 bridgehead atoms. The molecule has 0 saturated carbocycles. The number of para-hydroxylation sites is 2. The van der Waals surface area contributed by atoms with Crippen molar-refractivity contribution >= 4 is 54.4 Å². The molecular weight excluding hydrogens is 546 g/mol. The van der Waals surface area contributed by atoms with Gasteiger partial charge in [-0.05, 0) is 64.5 Å². The van der Waals surface area contributed by atoms with E-state index in [1.807, 2.05) is 18.2 Å². The van der Waals surface area contributed by atoms with E-state index >= 15 is 0 Å². The number of nitriles is 1. The summed E-state index contributed by atoms with van der Waals surface area (Å²) in [4.78, 5) is 5.14. The molecule has 0 radical (unpaired) electrons. The largest absolute Gasteiger partial charge is 0.309 e.